The molecule has 7 heteroatoms. The summed E-state index contributed by atoms with van der Waals surface area (Å²) in [5.41, 5.74) is 7.79. The third-order valence-corrected chi connectivity index (χ3v) is 3.37. The van der Waals surface area contributed by atoms with Gasteiger partial charge in [-0.15, -0.1) is 0 Å². The first-order chi connectivity index (χ1) is 10.1. The number of primary amides is 1. The average Bonchev–Trinajstić information content (AvgIpc) is 2.91. The molecule has 3 rings (SSSR count). The van der Waals surface area contributed by atoms with Crippen molar-refractivity contribution in [1.29, 1.82) is 0 Å². The minimum absolute atomic E-state index is 0.275. The minimum Gasteiger partial charge on any atom is -0.370 e. The van der Waals surface area contributed by atoms with Gasteiger partial charge in [0.1, 0.15) is 5.69 Å². The Kier molecular flexibility index (Phi) is 3.23. The minimum atomic E-state index is -0.560. The molecule has 0 fully saturated rings. The normalized spacial score (nSPS) is 10.8. The number of hydrogen-bond acceptors (Lipinski definition) is 4. The molecule has 21 heavy (non-hydrogen) atoms. The summed E-state index contributed by atoms with van der Waals surface area (Å²) in [6, 6.07) is 7.29. The van der Waals surface area contributed by atoms with Gasteiger partial charge in [-0.1, -0.05) is 23.7 Å². The zero-order valence-electron chi connectivity index (χ0n) is 11.2. The van der Waals surface area contributed by atoms with Gasteiger partial charge in [0.2, 0.25) is 0 Å². The van der Waals surface area contributed by atoms with Crippen LogP contribution in [-0.2, 0) is 0 Å². The van der Waals surface area contributed by atoms with Crippen LogP contribution >= 0.6 is 11.6 Å². The summed E-state index contributed by atoms with van der Waals surface area (Å²) in [5.74, 6) is 0.00965. The number of benzene rings is 1. The number of imidazole rings is 1. The van der Waals surface area contributed by atoms with Crippen molar-refractivity contribution in [3.8, 4) is 11.3 Å². The third-order valence-electron chi connectivity index (χ3n) is 3.12. The molecule has 2 heterocycles. The van der Waals surface area contributed by atoms with E-state index in [-0.39, 0.29) is 5.69 Å². The standard InChI is InChI=1S/C14H12ClN5O/c1-17-13-14-19-10(8-2-4-9(15)5-3-8)7-20(14)11(6-18-13)12(16)21/h2-7H,1H3,(H2,16,21)(H,17,18). The van der Waals surface area contributed by atoms with E-state index in [1.54, 1.807) is 29.8 Å². The van der Waals surface area contributed by atoms with Gasteiger partial charge >= 0.3 is 0 Å². The fourth-order valence-electron chi connectivity index (χ4n) is 2.09. The quantitative estimate of drug-likeness (QED) is 0.776. The van der Waals surface area contributed by atoms with Gasteiger partial charge in [-0.3, -0.25) is 9.20 Å². The molecular weight excluding hydrogens is 290 g/mol. The fraction of sp³-hybridized carbons (Fsp3) is 0.0714. The van der Waals surface area contributed by atoms with E-state index >= 15 is 0 Å². The lowest BCUT2D eigenvalue weighted by Crippen LogP contribution is -2.16. The molecule has 0 spiro atoms. The molecule has 0 unspecified atom stereocenters. The smallest absolute Gasteiger partial charge is 0.267 e. The van der Waals surface area contributed by atoms with Crippen molar-refractivity contribution in [3.05, 3.63) is 47.4 Å². The number of fused-ring (bicyclic) bond motifs is 1. The number of nitrogens with two attached hydrogens (primary N) is 1. The maximum Gasteiger partial charge on any atom is 0.267 e. The zero-order valence-corrected chi connectivity index (χ0v) is 11.9. The Morgan fingerprint density at radius 1 is 1.33 bits per heavy atom. The van der Waals surface area contributed by atoms with Crippen LogP contribution in [0, 0.1) is 0 Å². The number of carbonyl (C=O) groups is 1. The zero-order chi connectivity index (χ0) is 15.0. The highest BCUT2D eigenvalue weighted by Crippen LogP contribution is 2.24. The molecule has 2 aromatic heterocycles. The summed E-state index contributed by atoms with van der Waals surface area (Å²) in [6.07, 6.45) is 3.18. The van der Waals surface area contributed by atoms with E-state index in [0.717, 1.165) is 5.56 Å². The lowest BCUT2D eigenvalue weighted by Gasteiger charge is -2.04. The van der Waals surface area contributed by atoms with Crippen LogP contribution < -0.4 is 11.1 Å². The maximum atomic E-state index is 11.5. The number of aromatic nitrogens is 3. The number of anilines is 1. The predicted molar refractivity (Wildman–Crippen MR) is 81.5 cm³/mol. The summed E-state index contributed by atoms with van der Waals surface area (Å²) in [6.45, 7) is 0. The van der Waals surface area contributed by atoms with Gasteiger partial charge in [0.05, 0.1) is 11.9 Å². The van der Waals surface area contributed by atoms with E-state index in [9.17, 15) is 4.79 Å². The SMILES string of the molecule is CNc1ncc(C(N)=O)n2cc(-c3ccc(Cl)cc3)nc12. The van der Waals surface area contributed by atoms with Gasteiger partial charge in [-0.25, -0.2) is 9.97 Å². The van der Waals surface area contributed by atoms with E-state index in [2.05, 4.69) is 15.3 Å². The van der Waals surface area contributed by atoms with Crippen molar-refractivity contribution in [3.63, 3.8) is 0 Å². The van der Waals surface area contributed by atoms with E-state index in [1.165, 1.54) is 6.20 Å². The number of amides is 1. The highest BCUT2D eigenvalue weighted by atomic mass is 35.5. The largest absolute Gasteiger partial charge is 0.370 e. The van der Waals surface area contributed by atoms with Crippen LogP contribution in [-0.4, -0.2) is 27.3 Å². The Balaban J connectivity index is 2.24. The molecule has 1 amide bonds. The van der Waals surface area contributed by atoms with Gasteiger partial charge < -0.3 is 11.1 Å². The fourth-order valence-corrected chi connectivity index (χ4v) is 2.22. The molecule has 0 atom stereocenters. The molecule has 3 N–H and O–H groups in total. The van der Waals surface area contributed by atoms with Crippen LogP contribution in [0.3, 0.4) is 0 Å². The second-order valence-electron chi connectivity index (χ2n) is 4.43. The van der Waals surface area contributed by atoms with Crippen molar-refractivity contribution >= 4 is 29.0 Å². The number of halogens is 1. The summed E-state index contributed by atoms with van der Waals surface area (Å²) < 4.78 is 1.63. The first kappa shape index (κ1) is 13.4. The number of nitrogens with one attached hydrogen (secondary N) is 1. The molecule has 3 aromatic rings. The van der Waals surface area contributed by atoms with E-state index < -0.39 is 5.91 Å². The number of nitrogens with zero attached hydrogens (tertiary/aromatic N) is 3. The summed E-state index contributed by atoms with van der Waals surface area (Å²) in [4.78, 5) is 20.2. The van der Waals surface area contributed by atoms with Crippen LogP contribution in [0.1, 0.15) is 10.5 Å². The van der Waals surface area contributed by atoms with Gasteiger partial charge in [0.15, 0.2) is 11.5 Å². The molecular formula is C14H12ClN5O. The van der Waals surface area contributed by atoms with Crippen LogP contribution in [0.15, 0.2) is 36.7 Å². The predicted octanol–water partition coefficient (Wildman–Crippen LogP) is 2.19. The second kappa shape index (κ2) is 5.06. The van der Waals surface area contributed by atoms with Crippen LogP contribution in [0.25, 0.3) is 16.9 Å². The number of hydrogen-bond donors (Lipinski definition) is 2. The summed E-state index contributed by atoms with van der Waals surface area (Å²) in [5, 5.41) is 3.59. The third kappa shape index (κ3) is 2.30. The van der Waals surface area contributed by atoms with Gasteiger partial charge in [0.25, 0.3) is 5.91 Å². The van der Waals surface area contributed by atoms with Crippen molar-refractivity contribution in [2.45, 2.75) is 0 Å². The van der Waals surface area contributed by atoms with Crippen molar-refractivity contribution in [2.75, 3.05) is 12.4 Å². The Hall–Kier alpha value is -2.60. The molecule has 0 bridgehead atoms. The molecule has 0 aliphatic carbocycles. The topological polar surface area (TPSA) is 85.3 Å². The number of rotatable bonds is 3. The molecule has 6 nitrogen and oxygen atoms in total. The average molecular weight is 302 g/mol. The maximum absolute atomic E-state index is 11.5. The van der Waals surface area contributed by atoms with Crippen molar-refractivity contribution < 1.29 is 4.79 Å². The molecule has 0 saturated heterocycles. The molecule has 0 aliphatic heterocycles. The monoisotopic (exact) mass is 301 g/mol. The first-order valence-electron chi connectivity index (χ1n) is 6.21. The summed E-state index contributed by atoms with van der Waals surface area (Å²) >= 11 is 5.89. The first-order valence-corrected chi connectivity index (χ1v) is 6.59. The van der Waals surface area contributed by atoms with E-state index in [1.807, 2.05) is 12.1 Å². The van der Waals surface area contributed by atoms with Crippen molar-refractivity contribution in [2.24, 2.45) is 5.73 Å². The van der Waals surface area contributed by atoms with Crippen LogP contribution in [0.5, 0.6) is 0 Å². The van der Waals surface area contributed by atoms with Crippen LogP contribution in [0.2, 0.25) is 5.02 Å². The van der Waals surface area contributed by atoms with Gasteiger partial charge in [-0.2, -0.15) is 0 Å². The molecule has 1 aromatic carbocycles. The Bertz CT molecular complexity index is 825. The number of carbonyl (C=O) groups excluding carboxylic acids is 1. The van der Waals surface area contributed by atoms with Gasteiger partial charge in [0, 0.05) is 23.8 Å². The lowest BCUT2D eigenvalue weighted by molar-refractivity contribution is 0.0994. The molecule has 0 aliphatic rings. The summed E-state index contributed by atoms with van der Waals surface area (Å²) in [7, 11) is 1.74. The molecule has 0 saturated carbocycles. The second-order valence-corrected chi connectivity index (χ2v) is 4.87. The lowest BCUT2D eigenvalue weighted by atomic mass is 10.2. The molecule has 106 valence electrons. The van der Waals surface area contributed by atoms with Crippen LogP contribution in [0.4, 0.5) is 5.82 Å². The highest BCUT2D eigenvalue weighted by Gasteiger charge is 2.14. The Labute approximate surface area is 125 Å². The Morgan fingerprint density at radius 2 is 2.05 bits per heavy atom. The highest BCUT2D eigenvalue weighted by molar-refractivity contribution is 6.30. The molecule has 0 radical (unpaired) electrons. The Morgan fingerprint density at radius 3 is 2.67 bits per heavy atom. The van der Waals surface area contributed by atoms with E-state index in [0.29, 0.717) is 22.2 Å². The van der Waals surface area contributed by atoms with Gasteiger partial charge in [-0.05, 0) is 12.1 Å². The van der Waals surface area contributed by atoms with Crippen molar-refractivity contribution in [1.82, 2.24) is 14.4 Å². The van der Waals surface area contributed by atoms with E-state index in [4.69, 9.17) is 17.3 Å².